The highest BCUT2D eigenvalue weighted by atomic mass is 19.1. The van der Waals surface area contributed by atoms with Crippen molar-refractivity contribution in [2.45, 2.75) is 18.8 Å². The van der Waals surface area contributed by atoms with Crippen molar-refractivity contribution in [2.24, 2.45) is 5.92 Å². The van der Waals surface area contributed by atoms with E-state index < -0.39 is 0 Å². The van der Waals surface area contributed by atoms with Crippen molar-refractivity contribution in [2.75, 3.05) is 7.11 Å². The summed E-state index contributed by atoms with van der Waals surface area (Å²) in [5, 5.41) is 0. The van der Waals surface area contributed by atoms with Crippen molar-refractivity contribution in [3.05, 3.63) is 35.6 Å². The van der Waals surface area contributed by atoms with Crippen LogP contribution in [0.5, 0.6) is 0 Å². The van der Waals surface area contributed by atoms with Gasteiger partial charge in [0.15, 0.2) is 0 Å². The molecule has 0 saturated heterocycles. The average Bonchev–Trinajstić information content (AvgIpc) is 2.18. The van der Waals surface area contributed by atoms with Crippen LogP contribution in [0.15, 0.2) is 24.3 Å². The highest BCUT2D eigenvalue weighted by molar-refractivity contribution is 5.73. The highest BCUT2D eigenvalue weighted by Gasteiger charge is 2.35. The third-order valence-corrected chi connectivity index (χ3v) is 3.01. The number of esters is 1. The van der Waals surface area contributed by atoms with Crippen LogP contribution in [-0.2, 0) is 9.53 Å². The molecule has 0 unspecified atom stereocenters. The van der Waals surface area contributed by atoms with E-state index in [4.69, 9.17) is 0 Å². The summed E-state index contributed by atoms with van der Waals surface area (Å²) in [5.74, 6) is 0.0655. The molecule has 15 heavy (non-hydrogen) atoms. The van der Waals surface area contributed by atoms with Gasteiger partial charge in [-0.3, -0.25) is 4.79 Å². The second kappa shape index (κ2) is 4.01. The summed E-state index contributed by atoms with van der Waals surface area (Å²) in [7, 11) is 1.41. The zero-order valence-corrected chi connectivity index (χ0v) is 8.57. The molecule has 1 aromatic rings. The van der Waals surface area contributed by atoms with E-state index >= 15 is 0 Å². The van der Waals surface area contributed by atoms with Gasteiger partial charge in [-0.15, -0.1) is 0 Å². The molecule has 1 aromatic carbocycles. The smallest absolute Gasteiger partial charge is 0.308 e. The quantitative estimate of drug-likeness (QED) is 0.698. The maximum atomic E-state index is 12.7. The zero-order valence-electron chi connectivity index (χ0n) is 8.57. The SMILES string of the molecule is COC(=O)C1CC(c2ccc(F)cc2)C1. The maximum absolute atomic E-state index is 12.7. The molecule has 2 nitrogen and oxygen atoms in total. The number of benzene rings is 1. The van der Waals surface area contributed by atoms with Gasteiger partial charge in [-0.1, -0.05) is 12.1 Å². The van der Waals surface area contributed by atoms with Crippen molar-refractivity contribution in [1.82, 2.24) is 0 Å². The van der Waals surface area contributed by atoms with E-state index in [0.29, 0.717) is 5.92 Å². The van der Waals surface area contributed by atoms with Gasteiger partial charge in [0.2, 0.25) is 0 Å². The lowest BCUT2D eigenvalue weighted by Gasteiger charge is -2.33. The monoisotopic (exact) mass is 208 g/mol. The second-order valence-electron chi connectivity index (χ2n) is 3.94. The molecule has 0 radical (unpaired) electrons. The summed E-state index contributed by atoms with van der Waals surface area (Å²) in [6, 6.07) is 6.49. The molecule has 0 spiro atoms. The van der Waals surface area contributed by atoms with Gasteiger partial charge in [-0.25, -0.2) is 4.39 Å². The molecule has 1 aliphatic carbocycles. The van der Waals surface area contributed by atoms with Crippen LogP contribution in [0.1, 0.15) is 24.3 Å². The molecule has 2 rings (SSSR count). The van der Waals surface area contributed by atoms with Gasteiger partial charge in [-0.2, -0.15) is 0 Å². The van der Waals surface area contributed by atoms with Crippen molar-refractivity contribution < 1.29 is 13.9 Å². The predicted octanol–water partition coefficient (Wildman–Crippen LogP) is 2.49. The van der Waals surface area contributed by atoms with Crippen LogP contribution in [0.2, 0.25) is 0 Å². The first-order valence-electron chi connectivity index (χ1n) is 5.04. The molecule has 0 atom stereocenters. The lowest BCUT2D eigenvalue weighted by molar-refractivity contribution is -0.148. The molecule has 3 heteroatoms. The third kappa shape index (κ3) is 2.01. The summed E-state index contributed by atoms with van der Waals surface area (Å²) in [5.41, 5.74) is 1.11. The van der Waals surface area contributed by atoms with Crippen LogP contribution in [0.3, 0.4) is 0 Å². The number of hydrogen-bond donors (Lipinski definition) is 0. The lowest BCUT2D eigenvalue weighted by Crippen LogP contribution is -2.29. The number of carbonyl (C=O) groups excluding carboxylic acids is 1. The Labute approximate surface area is 88.1 Å². The first-order valence-corrected chi connectivity index (χ1v) is 5.04. The van der Waals surface area contributed by atoms with Crippen molar-refractivity contribution in [1.29, 1.82) is 0 Å². The van der Waals surface area contributed by atoms with E-state index in [-0.39, 0.29) is 17.7 Å². The Balaban J connectivity index is 1.94. The molecule has 0 aromatic heterocycles. The Morgan fingerprint density at radius 3 is 2.47 bits per heavy atom. The molecular weight excluding hydrogens is 195 g/mol. The summed E-state index contributed by atoms with van der Waals surface area (Å²) in [4.78, 5) is 11.1. The molecule has 0 bridgehead atoms. The molecular formula is C12H13FO2. The average molecular weight is 208 g/mol. The van der Waals surface area contributed by atoms with Gasteiger partial charge in [-0.05, 0) is 36.5 Å². The minimum Gasteiger partial charge on any atom is -0.469 e. The topological polar surface area (TPSA) is 26.3 Å². The number of rotatable bonds is 2. The van der Waals surface area contributed by atoms with E-state index in [0.717, 1.165) is 18.4 Å². The van der Waals surface area contributed by atoms with Crippen molar-refractivity contribution in [3.8, 4) is 0 Å². The summed E-state index contributed by atoms with van der Waals surface area (Å²) in [6.07, 6.45) is 1.64. The first-order chi connectivity index (χ1) is 7.20. The van der Waals surface area contributed by atoms with Crippen molar-refractivity contribution >= 4 is 5.97 Å². The van der Waals surface area contributed by atoms with E-state index in [1.165, 1.54) is 19.2 Å². The second-order valence-corrected chi connectivity index (χ2v) is 3.94. The molecule has 80 valence electrons. The Hall–Kier alpha value is -1.38. The van der Waals surface area contributed by atoms with Crippen LogP contribution < -0.4 is 0 Å². The maximum Gasteiger partial charge on any atom is 0.308 e. The summed E-state index contributed by atoms with van der Waals surface area (Å²) < 4.78 is 17.3. The van der Waals surface area contributed by atoms with Crippen LogP contribution in [0.4, 0.5) is 4.39 Å². The molecule has 1 saturated carbocycles. The number of ether oxygens (including phenoxy) is 1. The van der Waals surface area contributed by atoms with E-state index in [9.17, 15) is 9.18 Å². The number of methoxy groups -OCH3 is 1. The largest absolute Gasteiger partial charge is 0.469 e. The van der Waals surface area contributed by atoms with Gasteiger partial charge >= 0.3 is 5.97 Å². The van der Waals surface area contributed by atoms with E-state index in [2.05, 4.69) is 4.74 Å². The number of carbonyl (C=O) groups is 1. The summed E-state index contributed by atoms with van der Waals surface area (Å²) >= 11 is 0. The van der Waals surface area contributed by atoms with E-state index in [1.807, 2.05) is 0 Å². The Morgan fingerprint density at radius 1 is 1.33 bits per heavy atom. The fraction of sp³-hybridized carbons (Fsp3) is 0.417. The minimum absolute atomic E-state index is 0.0325. The Kier molecular flexibility index (Phi) is 2.71. The van der Waals surface area contributed by atoms with E-state index in [1.54, 1.807) is 12.1 Å². The van der Waals surface area contributed by atoms with Gasteiger partial charge in [0, 0.05) is 0 Å². The van der Waals surface area contributed by atoms with Crippen LogP contribution in [-0.4, -0.2) is 13.1 Å². The molecule has 0 heterocycles. The fourth-order valence-electron chi connectivity index (χ4n) is 1.98. The van der Waals surface area contributed by atoms with Crippen molar-refractivity contribution in [3.63, 3.8) is 0 Å². The van der Waals surface area contributed by atoms with Gasteiger partial charge < -0.3 is 4.74 Å². The molecule has 1 fully saturated rings. The fourth-order valence-corrected chi connectivity index (χ4v) is 1.98. The molecule has 0 amide bonds. The predicted molar refractivity (Wildman–Crippen MR) is 53.9 cm³/mol. The standard InChI is InChI=1S/C12H13FO2/c1-15-12(14)10-6-9(7-10)8-2-4-11(13)5-3-8/h2-5,9-10H,6-7H2,1H3. The van der Waals surface area contributed by atoms with Crippen LogP contribution in [0.25, 0.3) is 0 Å². The number of hydrogen-bond acceptors (Lipinski definition) is 2. The Bertz CT molecular complexity index is 352. The number of halogens is 1. The normalized spacial score (nSPS) is 24.4. The van der Waals surface area contributed by atoms with Crippen LogP contribution >= 0.6 is 0 Å². The Morgan fingerprint density at radius 2 is 1.93 bits per heavy atom. The van der Waals surface area contributed by atoms with Gasteiger partial charge in [0.25, 0.3) is 0 Å². The molecule has 1 aliphatic rings. The first kappa shape index (κ1) is 10.1. The summed E-state index contributed by atoms with van der Waals surface area (Å²) in [6.45, 7) is 0. The zero-order chi connectivity index (χ0) is 10.8. The molecule has 0 N–H and O–H groups in total. The van der Waals surface area contributed by atoms with Gasteiger partial charge in [0.05, 0.1) is 13.0 Å². The molecule has 0 aliphatic heterocycles. The lowest BCUT2D eigenvalue weighted by atomic mass is 9.71. The van der Waals surface area contributed by atoms with Crippen LogP contribution in [0, 0.1) is 11.7 Å². The highest BCUT2D eigenvalue weighted by Crippen LogP contribution is 2.41. The third-order valence-electron chi connectivity index (χ3n) is 3.01. The van der Waals surface area contributed by atoms with Gasteiger partial charge in [0.1, 0.15) is 5.82 Å². The minimum atomic E-state index is -0.220.